The number of aromatic nitrogens is 1. The summed E-state index contributed by atoms with van der Waals surface area (Å²) in [5.74, 6) is 1.43. The molecule has 0 radical (unpaired) electrons. The number of rotatable bonds is 3. The molecule has 154 valence electrons. The summed E-state index contributed by atoms with van der Waals surface area (Å²) in [4.78, 5) is 21.1. The number of anilines is 1. The van der Waals surface area contributed by atoms with E-state index >= 15 is 0 Å². The number of methoxy groups -OCH3 is 1. The van der Waals surface area contributed by atoms with Crippen molar-refractivity contribution in [1.29, 1.82) is 0 Å². The van der Waals surface area contributed by atoms with Gasteiger partial charge < -0.3 is 4.74 Å². The van der Waals surface area contributed by atoms with Crippen molar-refractivity contribution in [1.82, 2.24) is 4.98 Å². The Morgan fingerprint density at radius 3 is 2.63 bits per heavy atom. The van der Waals surface area contributed by atoms with Gasteiger partial charge >= 0.3 is 0 Å². The molecule has 2 heterocycles. The lowest BCUT2D eigenvalue weighted by Gasteiger charge is -2.21. The van der Waals surface area contributed by atoms with Crippen LogP contribution in [0.15, 0.2) is 36.4 Å². The van der Waals surface area contributed by atoms with Crippen LogP contribution in [0.1, 0.15) is 38.9 Å². The van der Waals surface area contributed by atoms with Crippen LogP contribution in [0.5, 0.6) is 5.75 Å². The predicted octanol–water partition coefficient (Wildman–Crippen LogP) is 5.70. The standard InChI is InChI=1S/C24H24N2O2S2/c1-14-11-17-5-4-6-20-22(19(17)12-15(14)2)25-24(30-20)26-21(27)13-29-23(26)16-7-9-18(28-3)10-8-16/h7-12,23H,4-6,13H2,1-3H3. The highest BCUT2D eigenvalue weighted by atomic mass is 32.2. The number of nitrogens with zero attached hydrogens (tertiary/aromatic N) is 2. The van der Waals surface area contributed by atoms with Gasteiger partial charge in [0.1, 0.15) is 11.1 Å². The van der Waals surface area contributed by atoms with E-state index in [1.165, 1.54) is 27.1 Å². The molecule has 0 bridgehead atoms. The minimum atomic E-state index is -0.0441. The van der Waals surface area contributed by atoms with Crippen molar-refractivity contribution in [2.24, 2.45) is 0 Å². The Bertz CT molecular complexity index is 1120. The molecule has 1 saturated heterocycles. The number of thiazole rings is 1. The van der Waals surface area contributed by atoms with Gasteiger partial charge in [-0.1, -0.05) is 18.2 Å². The molecule has 1 atom stereocenters. The monoisotopic (exact) mass is 436 g/mol. The van der Waals surface area contributed by atoms with Crippen molar-refractivity contribution >= 4 is 34.1 Å². The minimum Gasteiger partial charge on any atom is -0.497 e. The van der Waals surface area contributed by atoms with Crippen LogP contribution in [0.2, 0.25) is 0 Å². The first kappa shape index (κ1) is 19.6. The lowest BCUT2D eigenvalue weighted by atomic mass is 9.97. The second kappa shape index (κ2) is 7.75. The molecule has 2 aliphatic rings. The quantitative estimate of drug-likeness (QED) is 0.528. The zero-order valence-corrected chi connectivity index (χ0v) is 19.0. The van der Waals surface area contributed by atoms with E-state index in [1.54, 1.807) is 30.2 Å². The first-order valence-corrected chi connectivity index (χ1v) is 12.1. The van der Waals surface area contributed by atoms with Gasteiger partial charge in [0.15, 0.2) is 5.13 Å². The van der Waals surface area contributed by atoms with Crippen molar-refractivity contribution in [3.63, 3.8) is 0 Å². The van der Waals surface area contributed by atoms with Crippen molar-refractivity contribution < 1.29 is 9.53 Å². The average molecular weight is 437 g/mol. The van der Waals surface area contributed by atoms with E-state index in [0.717, 1.165) is 41.4 Å². The fraction of sp³-hybridized carbons (Fsp3) is 0.333. The number of hydrogen-bond donors (Lipinski definition) is 0. The van der Waals surface area contributed by atoms with Gasteiger partial charge in [-0.05, 0) is 73.6 Å². The summed E-state index contributed by atoms with van der Waals surface area (Å²) < 4.78 is 5.29. The molecule has 1 fully saturated rings. The van der Waals surface area contributed by atoms with Gasteiger partial charge in [0, 0.05) is 10.4 Å². The second-order valence-corrected chi connectivity index (χ2v) is 10.0. The number of hydrogen-bond acceptors (Lipinski definition) is 5. The Labute approximate surface area is 185 Å². The SMILES string of the molecule is COc1ccc(C2SCC(=O)N2c2nc3c(s2)CCCc2cc(C)c(C)cc2-3)cc1. The molecule has 3 aromatic rings. The first-order valence-electron chi connectivity index (χ1n) is 10.2. The normalized spacial score (nSPS) is 18.2. The molecule has 6 heteroatoms. The molecule has 30 heavy (non-hydrogen) atoms. The van der Waals surface area contributed by atoms with Gasteiger partial charge in [0.05, 0.1) is 18.6 Å². The number of benzene rings is 2. The van der Waals surface area contributed by atoms with Crippen LogP contribution >= 0.6 is 23.1 Å². The number of ether oxygens (including phenoxy) is 1. The zero-order chi connectivity index (χ0) is 20.8. The Hall–Kier alpha value is -2.31. The van der Waals surface area contributed by atoms with E-state index in [0.29, 0.717) is 5.75 Å². The highest BCUT2D eigenvalue weighted by Gasteiger charge is 2.37. The Kier molecular flexibility index (Phi) is 5.07. The molecular weight excluding hydrogens is 412 g/mol. The molecule has 1 aliphatic carbocycles. The Balaban J connectivity index is 1.56. The summed E-state index contributed by atoms with van der Waals surface area (Å²) in [5.41, 5.74) is 7.42. The molecule has 4 nitrogen and oxygen atoms in total. The number of amides is 1. The summed E-state index contributed by atoms with van der Waals surface area (Å²) in [6.07, 6.45) is 3.22. The average Bonchev–Trinajstić information content (AvgIpc) is 3.29. The van der Waals surface area contributed by atoms with Gasteiger partial charge in [-0.3, -0.25) is 9.69 Å². The summed E-state index contributed by atoms with van der Waals surface area (Å²) >= 11 is 3.35. The van der Waals surface area contributed by atoms with Crippen molar-refractivity contribution in [2.75, 3.05) is 17.8 Å². The fourth-order valence-corrected chi connectivity index (χ4v) is 6.59. The summed E-state index contributed by atoms with van der Waals surface area (Å²) in [6, 6.07) is 12.6. The molecule has 0 N–H and O–H groups in total. The van der Waals surface area contributed by atoms with Crippen LogP contribution in [0.25, 0.3) is 11.3 Å². The summed E-state index contributed by atoms with van der Waals surface area (Å²) in [5, 5.41) is 0.777. The van der Waals surface area contributed by atoms with Crippen LogP contribution in [-0.2, 0) is 17.6 Å². The highest BCUT2D eigenvalue weighted by molar-refractivity contribution is 8.00. The van der Waals surface area contributed by atoms with Gasteiger partial charge in [-0.15, -0.1) is 23.1 Å². The zero-order valence-electron chi connectivity index (χ0n) is 17.4. The molecular formula is C24H24N2O2S2. The van der Waals surface area contributed by atoms with E-state index in [4.69, 9.17) is 9.72 Å². The van der Waals surface area contributed by atoms with Crippen LogP contribution < -0.4 is 9.64 Å². The largest absolute Gasteiger partial charge is 0.497 e. The number of thioether (sulfide) groups is 1. The van der Waals surface area contributed by atoms with Crippen LogP contribution in [-0.4, -0.2) is 23.8 Å². The van der Waals surface area contributed by atoms with E-state index in [2.05, 4.69) is 26.0 Å². The lowest BCUT2D eigenvalue weighted by molar-refractivity contribution is -0.115. The first-order chi connectivity index (χ1) is 14.5. The molecule has 0 saturated carbocycles. The van der Waals surface area contributed by atoms with Gasteiger partial charge in [-0.2, -0.15) is 0 Å². The van der Waals surface area contributed by atoms with Crippen molar-refractivity contribution in [2.45, 2.75) is 38.5 Å². The Morgan fingerprint density at radius 1 is 1.10 bits per heavy atom. The fourth-order valence-electron chi connectivity index (χ4n) is 4.21. The molecule has 2 aromatic carbocycles. The number of aryl methyl sites for hydroxylation is 4. The minimum absolute atomic E-state index is 0.0441. The van der Waals surface area contributed by atoms with Crippen LogP contribution in [0.3, 0.4) is 0 Å². The van der Waals surface area contributed by atoms with Crippen molar-refractivity contribution in [3.05, 3.63) is 63.5 Å². The number of fused-ring (bicyclic) bond motifs is 3. The lowest BCUT2D eigenvalue weighted by Crippen LogP contribution is -2.27. The predicted molar refractivity (Wildman–Crippen MR) is 125 cm³/mol. The van der Waals surface area contributed by atoms with E-state index in [-0.39, 0.29) is 11.3 Å². The molecule has 1 aliphatic heterocycles. The van der Waals surface area contributed by atoms with E-state index in [9.17, 15) is 4.79 Å². The van der Waals surface area contributed by atoms with Gasteiger partial charge in [0.2, 0.25) is 5.91 Å². The van der Waals surface area contributed by atoms with Gasteiger partial charge in [0.25, 0.3) is 0 Å². The van der Waals surface area contributed by atoms with Crippen LogP contribution in [0, 0.1) is 13.8 Å². The highest BCUT2D eigenvalue weighted by Crippen LogP contribution is 2.46. The Morgan fingerprint density at radius 2 is 1.87 bits per heavy atom. The second-order valence-electron chi connectivity index (χ2n) is 7.92. The van der Waals surface area contributed by atoms with Gasteiger partial charge in [-0.25, -0.2) is 4.98 Å². The summed E-state index contributed by atoms with van der Waals surface area (Å²) in [6.45, 7) is 4.33. The third kappa shape index (κ3) is 3.32. The van der Waals surface area contributed by atoms with Crippen molar-refractivity contribution in [3.8, 4) is 17.0 Å². The maximum atomic E-state index is 12.9. The third-order valence-corrected chi connectivity index (χ3v) is 8.31. The maximum absolute atomic E-state index is 12.9. The number of carbonyl (C=O) groups is 1. The smallest absolute Gasteiger partial charge is 0.240 e. The maximum Gasteiger partial charge on any atom is 0.240 e. The molecule has 5 rings (SSSR count). The molecule has 1 amide bonds. The molecule has 0 spiro atoms. The topological polar surface area (TPSA) is 42.4 Å². The molecule has 1 unspecified atom stereocenters. The van der Waals surface area contributed by atoms with E-state index in [1.807, 2.05) is 29.2 Å². The van der Waals surface area contributed by atoms with Crippen LogP contribution in [0.4, 0.5) is 5.13 Å². The molecule has 1 aromatic heterocycles. The third-order valence-electron chi connectivity index (χ3n) is 5.99. The summed E-state index contributed by atoms with van der Waals surface area (Å²) in [7, 11) is 1.67. The van der Waals surface area contributed by atoms with E-state index < -0.39 is 0 Å². The number of carbonyl (C=O) groups excluding carboxylic acids is 1.